The van der Waals surface area contributed by atoms with E-state index in [0.717, 1.165) is 21.5 Å². The number of anilines is 1. The van der Waals surface area contributed by atoms with Gasteiger partial charge in [-0.05, 0) is 32.0 Å². The third-order valence-corrected chi connectivity index (χ3v) is 6.45. The fourth-order valence-corrected chi connectivity index (χ4v) is 5.09. The third kappa shape index (κ3) is 3.28. The number of hydrogen-bond acceptors (Lipinski definition) is 7. The van der Waals surface area contributed by atoms with Crippen LogP contribution in [0, 0.1) is 17.0 Å². The Kier molecular flexibility index (Phi) is 4.86. The quantitative estimate of drug-likeness (QED) is 0.353. The van der Waals surface area contributed by atoms with Gasteiger partial charge in [-0.2, -0.15) is 9.78 Å². The molecule has 4 aromatic rings. The normalized spacial score (nSPS) is 15.4. The van der Waals surface area contributed by atoms with E-state index in [9.17, 15) is 14.9 Å². The van der Waals surface area contributed by atoms with Crippen LogP contribution in [0.25, 0.3) is 15.3 Å². The molecule has 10 heteroatoms. The lowest BCUT2D eigenvalue weighted by Gasteiger charge is -2.23. The summed E-state index contributed by atoms with van der Waals surface area (Å²) in [6.07, 6.45) is 0.113. The number of aromatic nitrogens is 3. The zero-order chi connectivity index (χ0) is 22.4. The van der Waals surface area contributed by atoms with Gasteiger partial charge in [-0.25, -0.2) is 4.98 Å². The molecular weight excluding hydrogens is 430 g/mol. The predicted molar refractivity (Wildman–Crippen MR) is 121 cm³/mol. The molecule has 162 valence electrons. The first kappa shape index (κ1) is 20.1. The van der Waals surface area contributed by atoms with Crippen molar-refractivity contribution in [3.63, 3.8) is 0 Å². The van der Waals surface area contributed by atoms with Gasteiger partial charge < -0.3 is 10.1 Å². The molecule has 0 radical (unpaired) electrons. The molecule has 32 heavy (non-hydrogen) atoms. The summed E-state index contributed by atoms with van der Waals surface area (Å²) in [6, 6.07) is 12.2. The number of nitro benzene ring substituents is 1. The van der Waals surface area contributed by atoms with E-state index in [2.05, 4.69) is 15.4 Å². The average molecular weight is 449 g/mol. The minimum atomic E-state index is -0.465. The van der Waals surface area contributed by atoms with Gasteiger partial charge in [-0.15, -0.1) is 0 Å². The molecular formula is C22H19N5O4S. The van der Waals surface area contributed by atoms with Crippen molar-refractivity contribution in [3.8, 4) is 10.9 Å². The maximum Gasteiger partial charge on any atom is 0.273 e. The molecule has 0 saturated heterocycles. The summed E-state index contributed by atoms with van der Waals surface area (Å²) >= 11 is 1.43. The summed E-state index contributed by atoms with van der Waals surface area (Å²) in [7, 11) is 0. The van der Waals surface area contributed by atoms with Gasteiger partial charge in [0.1, 0.15) is 11.6 Å². The van der Waals surface area contributed by atoms with Crippen molar-refractivity contribution in [1.82, 2.24) is 14.8 Å². The molecule has 1 N–H and O–H groups in total. The van der Waals surface area contributed by atoms with E-state index in [-0.39, 0.29) is 18.0 Å². The minimum Gasteiger partial charge on any atom is -0.494 e. The number of thiazole rings is 1. The molecule has 1 amide bonds. The summed E-state index contributed by atoms with van der Waals surface area (Å²) < 4.78 is 8.13. The molecule has 0 aliphatic carbocycles. The van der Waals surface area contributed by atoms with Crippen LogP contribution in [-0.2, 0) is 4.79 Å². The number of ether oxygens (including phenoxy) is 1. The van der Waals surface area contributed by atoms with Gasteiger partial charge in [-0.3, -0.25) is 14.9 Å². The number of nitro groups is 1. The summed E-state index contributed by atoms with van der Waals surface area (Å²) in [5.41, 5.74) is 2.76. The molecule has 1 aliphatic heterocycles. The molecule has 0 spiro atoms. The first-order chi connectivity index (χ1) is 15.5. The van der Waals surface area contributed by atoms with Crippen LogP contribution in [0.3, 0.4) is 0 Å². The number of carbonyl (C=O) groups is 1. The molecule has 0 unspecified atom stereocenters. The number of carbonyl (C=O) groups excluding carboxylic acids is 1. The second-order valence-corrected chi connectivity index (χ2v) is 8.45. The van der Waals surface area contributed by atoms with E-state index in [1.165, 1.54) is 17.4 Å². The monoisotopic (exact) mass is 449 g/mol. The zero-order valence-corrected chi connectivity index (χ0v) is 18.2. The predicted octanol–water partition coefficient (Wildman–Crippen LogP) is 4.57. The highest BCUT2D eigenvalue weighted by atomic mass is 32.1. The maximum atomic E-state index is 12.6. The average Bonchev–Trinajstić information content (AvgIpc) is 3.34. The Morgan fingerprint density at radius 3 is 2.91 bits per heavy atom. The number of aryl methyl sites for hydroxylation is 1. The fourth-order valence-electron chi connectivity index (χ4n) is 4.14. The van der Waals surface area contributed by atoms with E-state index >= 15 is 0 Å². The first-order valence-corrected chi connectivity index (χ1v) is 10.9. The van der Waals surface area contributed by atoms with Gasteiger partial charge >= 0.3 is 0 Å². The van der Waals surface area contributed by atoms with Crippen molar-refractivity contribution in [2.75, 3.05) is 11.9 Å². The second kappa shape index (κ2) is 7.72. The summed E-state index contributed by atoms with van der Waals surface area (Å²) in [4.78, 5) is 28.5. The van der Waals surface area contributed by atoms with Crippen molar-refractivity contribution >= 4 is 39.0 Å². The Labute approximate surface area is 186 Å². The summed E-state index contributed by atoms with van der Waals surface area (Å²) in [5, 5.41) is 19.8. The molecule has 2 aromatic carbocycles. The van der Waals surface area contributed by atoms with Crippen molar-refractivity contribution in [1.29, 1.82) is 0 Å². The molecule has 1 atom stereocenters. The van der Waals surface area contributed by atoms with E-state index in [1.807, 2.05) is 32.0 Å². The number of benzene rings is 2. The van der Waals surface area contributed by atoms with Crippen LogP contribution in [0.1, 0.15) is 36.1 Å². The standard InChI is InChI=1S/C22H19N5O4S/c1-3-31-13-8-9-16-18(10-13)32-22(23-16)26-21-20(12(2)25-26)15(11-19(28)24-21)14-6-4-5-7-17(14)27(29)30/h4-10,15H,3,11H2,1-2H3,(H,24,28)/t15-/m1/s1. The molecule has 0 saturated carbocycles. The van der Waals surface area contributed by atoms with Gasteiger partial charge in [0.25, 0.3) is 5.69 Å². The number of amides is 1. The lowest BCUT2D eigenvalue weighted by atomic mass is 9.85. The number of fused-ring (bicyclic) bond motifs is 2. The minimum absolute atomic E-state index is 0.00580. The Morgan fingerprint density at radius 2 is 2.12 bits per heavy atom. The van der Waals surface area contributed by atoms with Crippen LogP contribution in [0.4, 0.5) is 11.5 Å². The number of nitrogens with zero attached hydrogens (tertiary/aromatic N) is 4. The highest BCUT2D eigenvalue weighted by Crippen LogP contribution is 2.43. The van der Waals surface area contributed by atoms with Crippen molar-refractivity contribution < 1.29 is 14.5 Å². The zero-order valence-electron chi connectivity index (χ0n) is 17.4. The van der Waals surface area contributed by atoms with E-state index in [0.29, 0.717) is 28.8 Å². The smallest absolute Gasteiger partial charge is 0.273 e. The number of hydrogen-bond donors (Lipinski definition) is 1. The van der Waals surface area contributed by atoms with Gasteiger partial charge in [0.2, 0.25) is 11.0 Å². The van der Waals surface area contributed by atoms with E-state index < -0.39 is 10.8 Å². The van der Waals surface area contributed by atoms with Gasteiger partial charge in [0.05, 0.1) is 27.4 Å². The molecule has 9 nitrogen and oxygen atoms in total. The van der Waals surface area contributed by atoms with Crippen molar-refractivity contribution in [2.45, 2.75) is 26.2 Å². The molecule has 5 rings (SSSR count). The molecule has 2 aromatic heterocycles. The van der Waals surface area contributed by atoms with Gasteiger partial charge in [-0.1, -0.05) is 29.5 Å². The number of nitrogens with one attached hydrogen (secondary N) is 1. The molecule has 1 aliphatic rings. The van der Waals surface area contributed by atoms with Crippen molar-refractivity contribution in [2.24, 2.45) is 0 Å². The van der Waals surface area contributed by atoms with Crippen LogP contribution in [0.15, 0.2) is 42.5 Å². The van der Waals surface area contributed by atoms with Crippen LogP contribution >= 0.6 is 11.3 Å². The summed E-state index contributed by atoms with van der Waals surface area (Å²) in [6.45, 7) is 4.34. The fraction of sp³-hybridized carbons (Fsp3) is 0.227. The number of para-hydroxylation sites is 1. The lowest BCUT2D eigenvalue weighted by Crippen LogP contribution is -2.25. The highest BCUT2D eigenvalue weighted by molar-refractivity contribution is 7.20. The van der Waals surface area contributed by atoms with E-state index in [1.54, 1.807) is 22.9 Å². The molecule has 0 bridgehead atoms. The van der Waals surface area contributed by atoms with Crippen LogP contribution in [0.5, 0.6) is 5.75 Å². The van der Waals surface area contributed by atoms with Crippen LogP contribution in [-0.4, -0.2) is 32.2 Å². The van der Waals surface area contributed by atoms with Gasteiger partial charge in [0, 0.05) is 29.5 Å². The number of rotatable bonds is 5. The van der Waals surface area contributed by atoms with Crippen LogP contribution in [0.2, 0.25) is 0 Å². The van der Waals surface area contributed by atoms with E-state index in [4.69, 9.17) is 4.74 Å². The maximum absolute atomic E-state index is 12.6. The Hall–Kier alpha value is -3.79. The molecule has 0 fully saturated rings. The lowest BCUT2D eigenvalue weighted by molar-refractivity contribution is -0.385. The van der Waals surface area contributed by atoms with Gasteiger partial charge in [0.15, 0.2) is 0 Å². The van der Waals surface area contributed by atoms with Crippen molar-refractivity contribution in [3.05, 3.63) is 69.4 Å². The summed E-state index contributed by atoms with van der Waals surface area (Å²) in [5.74, 6) is 0.583. The first-order valence-electron chi connectivity index (χ1n) is 10.1. The topological polar surface area (TPSA) is 112 Å². The molecule has 3 heterocycles. The highest BCUT2D eigenvalue weighted by Gasteiger charge is 2.36. The second-order valence-electron chi connectivity index (χ2n) is 7.44. The van der Waals surface area contributed by atoms with Crippen LogP contribution < -0.4 is 10.1 Å². The SMILES string of the molecule is CCOc1ccc2nc(-n3nc(C)c4c3NC(=O)C[C@@H]4c3ccccc3[N+](=O)[O-])sc2c1. The Bertz CT molecular complexity index is 1380. The Morgan fingerprint density at radius 1 is 1.31 bits per heavy atom. The largest absolute Gasteiger partial charge is 0.494 e. The third-order valence-electron chi connectivity index (χ3n) is 5.45. The Balaban J connectivity index is 1.64.